The maximum atomic E-state index is 12.5. The van der Waals surface area contributed by atoms with Crippen molar-refractivity contribution in [2.75, 3.05) is 6.61 Å². The smallest absolute Gasteiger partial charge is 0.377 e. The monoisotopic (exact) mass is 372 g/mol. The van der Waals surface area contributed by atoms with E-state index in [9.17, 15) is 9.59 Å². The van der Waals surface area contributed by atoms with Crippen molar-refractivity contribution in [1.82, 2.24) is 9.72 Å². The average Bonchev–Trinajstić information content (AvgIpc) is 3.33. The molecule has 3 aromatic heterocycles. The number of hydrogen-bond donors (Lipinski definition) is 0. The fourth-order valence-electron chi connectivity index (χ4n) is 2.84. The summed E-state index contributed by atoms with van der Waals surface area (Å²) in [4.78, 5) is 25.6. The molecule has 0 bridgehead atoms. The molecule has 3 rings (SSSR count). The molecule has 0 saturated carbocycles. The number of thiophene rings is 1. The third-order valence-electron chi connectivity index (χ3n) is 4.20. The first-order chi connectivity index (χ1) is 12.5. The molecule has 0 unspecified atom stereocenters. The topological polar surface area (TPSA) is 74.3 Å². The van der Waals surface area contributed by atoms with Gasteiger partial charge in [-0.2, -0.15) is 0 Å². The number of ether oxygens (including phenoxy) is 1. The fraction of sp³-hybridized carbons (Fsp3) is 0.316. The van der Waals surface area contributed by atoms with E-state index < -0.39 is 5.97 Å². The minimum atomic E-state index is -0.689. The maximum absolute atomic E-state index is 12.5. The van der Waals surface area contributed by atoms with Gasteiger partial charge in [-0.3, -0.25) is 4.79 Å². The quantitative estimate of drug-likeness (QED) is 0.466. The zero-order chi connectivity index (χ0) is 18.7. The van der Waals surface area contributed by atoms with Crippen LogP contribution in [0.25, 0.3) is 0 Å². The molecule has 3 aromatic rings. The molecule has 0 radical (unpaired) electrons. The van der Waals surface area contributed by atoms with E-state index in [-0.39, 0.29) is 18.2 Å². The van der Waals surface area contributed by atoms with Gasteiger partial charge in [0.05, 0.1) is 5.69 Å². The molecule has 26 heavy (non-hydrogen) atoms. The van der Waals surface area contributed by atoms with Gasteiger partial charge in [0.25, 0.3) is 0 Å². The van der Waals surface area contributed by atoms with Crippen LogP contribution in [0.4, 0.5) is 0 Å². The summed E-state index contributed by atoms with van der Waals surface area (Å²) in [6.45, 7) is 6.07. The number of rotatable bonds is 7. The number of ketones is 1. The SMILES string of the molecule is Cc1cc(C(=O)OCC(=O)c2cc(C)n(CCc3cccs3)c2C)on1. The molecule has 0 aliphatic heterocycles. The highest BCUT2D eigenvalue weighted by Crippen LogP contribution is 2.18. The molecule has 6 nitrogen and oxygen atoms in total. The van der Waals surface area contributed by atoms with Crippen LogP contribution in [-0.2, 0) is 17.7 Å². The van der Waals surface area contributed by atoms with Gasteiger partial charge >= 0.3 is 5.97 Å². The van der Waals surface area contributed by atoms with E-state index in [2.05, 4.69) is 21.2 Å². The molecule has 7 heteroatoms. The second kappa shape index (κ2) is 7.70. The van der Waals surface area contributed by atoms with Gasteiger partial charge in [0.15, 0.2) is 6.61 Å². The van der Waals surface area contributed by atoms with Crippen molar-refractivity contribution in [3.63, 3.8) is 0 Å². The van der Waals surface area contributed by atoms with Crippen molar-refractivity contribution in [3.8, 4) is 0 Å². The highest BCUT2D eigenvalue weighted by molar-refractivity contribution is 7.09. The number of carbonyl (C=O) groups excluding carboxylic acids is 2. The number of aromatic nitrogens is 2. The zero-order valence-electron chi connectivity index (χ0n) is 14.9. The van der Waals surface area contributed by atoms with Gasteiger partial charge in [0.2, 0.25) is 11.5 Å². The lowest BCUT2D eigenvalue weighted by Gasteiger charge is -2.09. The van der Waals surface area contributed by atoms with Gasteiger partial charge in [-0.1, -0.05) is 11.2 Å². The first kappa shape index (κ1) is 18.1. The summed E-state index contributed by atoms with van der Waals surface area (Å²) < 4.78 is 12.0. The van der Waals surface area contributed by atoms with Crippen molar-refractivity contribution in [1.29, 1.82) is 0 Å². The predicted molar refractivity (Wildman–Crippen MR) is 97.8 cm³/mol. The second-order valence-corrected chi connectivity index (χ2v) is 7.13. The summed E-state index contributed by atoms with van der Waals surface area (Å²) in [7, 11) is 0. The lowest BCUT2D eigenvalue weighted by atomic mass is 10.1. The van der Waals surface area contributed by atoms with Gasteiger partial charge in [-0.15, -0.1) is 11.3 Å². The molecule has 0 amide bonds. The molecule has 0 spiro atoms. The number of nitrogens with zero attached hydrogens (tertiary/aromatic N) is 2. The normalized spacial score (nSPS) is 10.9. The summed E-state index contributed by atoms with van der Waals surface area (Å²) in [6, 6.07) is 7.46. The van der Waals surface area contributed by atoms with Gasteiger partial charge in [0, 0.05) is 34.4 Å². The van der Waals surface area contributed by atoms with Crippen LogP contribution in [0.15, 0.2) is 34.2 Å². The van der Waals surface area contributed by atoms with E-state index in [4.69, 9.17) is 9.26 Å². The van der Waals surface area contributed by atoms with Crippen LogP contribution in [0.2, 0.25) is 0 Å². The van der Waals surface area contributed by atoms with Crippen molar-refractivity contribution in [2.45, 2.75) is 33.7 Å². The Hall–Kier alpha value is -2.67. The van der Waals surface area contributed by atoms with E-state index in [1.165, 1.54) is 10.9 Å². The molecule has 0 aliphatic rings. The summed E-state index contributed by atoms with van der Waals surface area (Å²) in [6.07, 6.45) is 0.918. The summed E-state index contributed by atoms with van der Waals surface area (Å²) in [5, 5.41) is 5.69. The van der Waals surface area contributed by atoms with Crippen molar-refractivity contribution >= 4 is 23.1 Å². The third-order valence-corrected chi connectivity index (χ3v) is 5.14. The minimum absolute atomic E-state index is 0.00304. The fourth-order valence-corrected chi connectivity index (χ4v) is 3.54. The Morgan fingerprint density at radius 2 is 2.08 bits per heavy atom. The molecule has 0 atom stereocenters. The van der Waals surface area contributed by atoms with Gasteiger partial charge < -0.3 is 13.8 Å². The van der Waals surface area contributed by atoms with Crippen LogP contribution < -0.4 is 0 Å². The van der Waals surface area contributed by atoms with Crippen molar-refractivity contribution < 1.29 is 18.8 Å². The number of carbonyl (C=O) groups is 2. The minimum Gasteiger partial charge on any atom is -0.451 e. The van der Waals surface area contributed by atoms with Crippen LogP contribution in [0.1, 0.15) is 42.9 Å². The largest absolute Gasteiger partial charge is 0.451 e. The molecule has 0 saturated heterocycles. The molecule has 0 aromatic carbocycles. The Morgan fingerprint density at radius 1 is 1.27 bits per heavy atom. The number of Topliss-reactive ketones (excluding diaryl/α,β-unsaturated/α-hetero) is 1. The molecular weight excluding hydrogens is 352 g/mol. The number of esters is 1. The predicted octanol–water partition coefficient (Wildman–Crippen LogP) is 3.75. The van der Waals surface area contributed by atoms with Gasteiger partial charge in [-0.05, 0) is 44.7 Å². The van der Waals surface area contributed by atoms with Crippen molar-refractivity contribution in [3.05, 3.63) is 62.9 Å². The van der Waals surface area contributed by atoms with Crippen LogP contribution in [0, 0.1) is 20.8 Å². The van der Waals surface area contributed by atoms with E-state index in [0.717, 1.165) is 24.4 Å². The third kappa shape index (κ3) is 3.94. The van der Waals surface area contributed by atoms with Crippen LogP contribution in [-0.4, -0.2) is 28.1 Å². The lowest BCUT2D eigenvalue weighted by molar-refractivity contribution is 0.0435. The highest BCUT2D eigenvalue weighted by Gasteiger charge is 2.19. The zero-order valence-corrected chi connectivity index (χ0v) is 15.8. The van der Waals surface area contributed by atoms with Crippen LogP contribution >= 0.6 is 11.3 Å². The second-order valence-electron chi connectivity index (χ2n) is 6.10. The standard InChI is InChI=1S/C19H20N2O4S/c1-12-9-18(25-20-12)19(23)24-11-17(22)16-10-13(2)21(14(16)3)7-6-15-5-4-8-26-15/h4-5,8-10H,6-7,11H2,1-3H3. The Labute approximate surface area is 155 Å². The lowest BCUT2D eigenvalue weighted by Crippen LogP contribution is -2.15. The first-order valence-electron chi connectivity index (χ1n) is 8.28. The van der Waals surface area contributed by atoms with Crippen LogP contribution in [0.3, 0.4) is 0 Å². The molecule has 136 valence electrons. The Kier molecular flexibility index (Phi) is 5.37. The Balaban J connectivity index is 1.64. The molecule has 0 N–H and O–H groups in total. The highest BCUT2D eigenvalue weighted by atomic mass is 32.1. The average molecular weight is 372 g/mol. The number of aryl methyl sites for hydroxylation is 3. The summed E-state index contributed by atoms with van der Waals surface area (Å²) >= 11 is 1.73. The molecule has 3 heterocycles. The molecular formula is C19H20N2O4S. The van der Waals surface area contributed by atoms with Gasteiger partial charge in [0.1, 0.15) is 0 Å². The summed E-state index contributed by atoms with van der Waals surface area (Å²) in [5.74, 6) is -0.924. The molecule has 0 fully saturated rings. The Morgan fingerprint density at radius 3 is 2.73 bits per heavy atom. The van der Waals surface area contributed by atoms with E-state index >= 15 is 0 Å². The van der Waals surface area contributed by atoms with Gasteiger partial charge in [-0.25, -0.2) is 4.79 Å². The van der Waals surface area contributed by atoms with E-state index in [0.29, 0.717) is 11.3 Å². The number of hydrogen-bond acceptors (Lipinski definition) is 6. The first-order valence-corrected chi connectivity index (χ1v) is 9.16. The van der Waals surface area contributed by atoms with Crippen molar-refractivity contribution in [2.24, 2.45) is 0 Å². The van der Waals surface area contributed by atoms with E-state index in [1.807, 2.05) is 26.0 Å². The summed E-state index contributed by atoms with van der Waals surface area (Å²) in [5.41, 5.74) is 3.06. The Bertz CT molecular complexity index is 922. The van der Waals surface area contributed by atoms with Crippen LogP contribution in [0.5, 0.6) is 0 Å². The van der Waals surface area contributed by atoms with E-state index in [1.54, 1.807) is 18.3 Å². The maximum Gasteiger partial charge on any atom is 0.377 e. The molecule has 0 aliphatic carbocycles.